The molecule has 2 nitrogen and oxygen atoms in total. The molecule has 15 heavy (non-hydrogen) atoms. The predicted octanol–water partition coefficient (Wildman–Crippen LogP) is 2.82. The van der Waals surface area contributed by atoms with Crippen molar-refractivity contribution in [1.82, 2.24) is 0 Å². The Bertz CT molecular complexity index is 293. The molecule has 0 unspecified atom stereocenters. The predicted molar refractivity (Wildman–Crippen MR) is 60.6 cm³/mol. The molecule has 0 aliphatic carbocycles. The Hall–Kier alpha value is -1.31. The Balaban J connectivity index is 2.36. The summed E-state index contributed by atoms with van der Waals surface area (Å²) in [6, 6.07) is 10.2. The van der Waals surface area contributed by atoms with Gasteiger partial charge < -0.3 is 4.74 Å². The van der Waals surface area contributed by atoms with E-state index in [2.05, 4.69) is 19.1 Å². The van der Waals surface area contributed by atoms with Crippen molar-refractivity contribution < 1.29 is 9.53 Å². The van der Waals surface area contributed by atoms with E-state index >= 15 is 0 Å². The molecular formula is C13H18O2. The zero-order chi connectivity index (χ0) is 11.1. The van der Waals surface area contributed by atoms with Crippen molar-refractivity contribution in [3.63, 3.8) is 0 Å². The SMILES string of the molecule is CCOC(=O)C[C@H](C)Cc1ccccc1. The molecule has 1 rings (SSSR count). The minimum atomic E-state index is -0.0964. The van der Waals surface area contributed by atoms with E-state index in [1.165, 1.54) is 5.56 Å². The van der Waals surface area contributed by atoms with Crippen LogP contribution in [-0.4, -0.2) is 12.6 Å². The van der Waals surface area contributed by atoms with Gasteiger partial charge in [-0.3, -0.25) is 4.79 Å². The van der Waals surface area contributed by atoms with Gasteiger partial charge >= 0.3 is 5.97 Å². The molecule has 0 heterocycles. The third-order valence-corrected chi connectivity index (χ3v) is 2.25. The van der Waals surface area contributed by atoms with Crippen LogP contribution < -0.4 is 0 Å². The first-order valence-corrected chi connectivity index (χ1v) is 5.42. The molecule has 0 aromatic heterocycles. The van der Waals surface area contributed by atoms with Crippen molar-refractivity contribution in [1.29, 1.82) is 0 Å². The smallest absolute Gasteiger partial charge is 0.306 e. The molecule has 1 atom stereocenters. The third kappa shape index (κ3) is 4.63. The van der Waals surface area contributed by atoms with Gasteiger partial charge in [0.2, 0.25) is 0 Å². The lowest BCUT2D eigenvalue weighted by Crippen LogP contribution is -2.11. The summed E-state index contributed by atoms with van der Waals surface area (Å²) in [7, 11) is 0. The number of hydrogen-bond acceptors (Lipinski definition) is 2. The maximum Gasteiger partial charge on any atom is 0.306 e. The van der Waals surface area contributed by atoms with Gasteiger partial charge in [-0.05, 0) is 24.8 Å². The Morgan fingerprint density at radius 1 is 1.33 bits per heavy atom. The van der Waals surface area contributed by atoms with Gasteiger partial charge in [-0.2, -0.15) is 0 Å². The number of hydrogen-bond donors (Lipinski definition) is 0. The molecule has 0 radical (unpaired) electrons. The minimum Gasteiger partial charge on any atom is -0.466 e. The number of benzene rings is 1. The lowest BCUT2D eigenvalue weighted by molar-refractivity contribution is -0.144. The van der Waals surface area contributed by atoms with Crippen LogP contribution in [0.2, 0.25) is 0 Å². The van der Waals surface area contributed by atoms with Crippen LogP contribution in [-0.2, 0) is 16.0 Å². The quantitative estimate of drug-likeness (QED) is 0.692. The molecule has 82 valence electrons. The third-order valence-electron chi connectivity index (χ3n) is 2.25. The largest absolute Gasteiger partial charge is 0.466 e. The molecule has 0 saturated carbocycles. The van der Waals surface area contributed by atoms with Gasteiger partial charge in [0.1, 0.15) is 0 Å². The van der Waals surface area contributed by atoms with E-state index in [1.54, 1.807) is 0 Å². The molecule has 1 aromatic carbocycles. The lowest BCUT2D eigenvalue weighted by atomic mass is 9.98. The molecule has 0 N–H and O–H groups in total. The maximum atomic E-state index is 11.2. The van der Waals surface area contributed by atoms with Crippen LogP contribution in [0.25, 0.3) is 0 Å². The zero-order valence-electron chi connectivity index (χ0n) is 9.40. The highest BCUT2D eigenvalue weighted by atomic mass is 16.5. The second kappa shape index (κ2) is 6.23. The molecular weight excluding hydrogens is 188 g/mol. The fourth-order valence-corrected chi connectivity index (χ4v) is 1.59. The molecule has 2 heteroatoms. The van der Waals surface area contributed by atoms with Crippen LogP contribution in [0.4, 0.5) is 0 Å². The van der Waals surface area contributed by atoms with Gasteiger partial charge in [0.25, 0.3) is 0 Å². The fraction of sp³-hybridized carbons (Fsp3) is 0.462. The van der Waals surface area contributed by atoms with E-state index in [1.807, 2.05) is 25.1 Å². The van der Waals surface area contributed by atoms with E-state index in [-0.39, 0.29) is 5.97 Å². The second-order valence-electron chi connectivity index (χ2n) is 3.80. The van der Waals surface area contributed by atoms with E-state index in [0.717, 1.165) is 6.42 Å². The summed E-state index contributed by atoms with van der Waals surface area (Å²) >= 11 is 0. The number of rotatable bonds is 5. The summed E-state index contributed by atoms with van der Waals surface area (Å²) < 4.78 is 4.91. The van der Waals surface area contributed by atoms with Gasteiger partial charge in [-0.15, -0.1) is 0 Å². The van der Waals surface area contributed by atoms with E-state index in [4.69, 9.17) is 4.74 Å². The second-order valence-corrected chi connectivity index (χ2v) is 3.80. The molecule has 1 aromatic rings. The minimum absolute atomic E-state index is 0.0964. The lowest BCUT2D eigenvalue weighted by Gasteiger charge is -2.10. The summed E-state index contributed by atoms with van der Waals surface area (Å²) in [4.78, 5) is 11.2. The van der Waals surface area contributed by atoms with Gasteiger partial charge in [0.05, 0.1) is 6.61 Å². The molecule has 0 saturated heterocycles. The summed E-state index contributed by atoms with van der Waals surface area (Å²) in [6.07, 6.45) is 1.43. The van der Waals surface area contributed by atoms with Crippen molar-refractivity contribution in [3.05, 3.63) is 35.9 Å². The number of esters is 1. The number of carbonyl (C=O) groups is 1. The van der Waals surface area contributed by atoms with Gasteiger partial charge in [-0.1, -0.05) is 37.3 Å². The molecule has 0 spiro atoms. The van der Waals surface area contributed by atoms with E-state index < -0.39 is 0 Å². The van der Waals surface area contributed by atoms with Crippen LogP contribution in [0.3, 0.4) is 0 Å². The Morgan fingerprint density at radius 2 is 2.00 bits per heavy atom. The van der Waals surface area contributed by atoms with Crippen LogP contribution in [0.1, 0.15) is 25.8 Å². The fourth-order valence-electron chi connectivity index (χ4n) is 1.59. The summed E-state index contributed by atoms with van der Waals surface area (Å²) in [6.45, 7) is 4.38. The summed E-state index contributed by atoms with van der Waals surface area (Å²) in [5, 5.41) is 0. The standard InChI is InChI=1S/C13H18O2/c1-3-15-13(14)10-11(2)9-12-7-5-4-6-8-12/h4-8,11H,3,9-10H2,1-2H3/t11-/m1/s1. The van der Waals surface area contributed by atoms with E-state index in [0.29, 0.717) is 18.9 Å². The molecule has 0 aliphatic heterocycles. The summed E-state index contributed by atoms with van der Waals surface area (Å²) in [5.74, 6) is 0.243. The van der Waals surface area contributed by atoms with Crippen LogP contribution in [0.15, 0.2) is 30.3 Å². The first-order chi connectivity index (χ1) is 7.22. The normalized spacial score (nSPS) is 12.1. The Kier molecular flexibility index (Phi) is 4.88. The first kappa shape index (κ1) is 11.8. The average molecular weight is 206 g/mol. The van der Waals surface area contributed by atoms with Crippen molar-refractivity contribution in [2.24, 2.45) is 5.92 Å². The topological polar surface area (TPSA) is 26.3 Å². The van der Waals surface area contributed by atoms with Crippen molar-refractivity contribution in [3.8, 4) is 0 Å². The molecule has 0 aliphatic rings. The average Bonchev–Trinajstić information content (AvgIpc) is 2.19. The van der Waals surface area contributed by atoms with E-state index in [9.17, 15) is 4.79 Å². The van der Waals surface area contributed by atoms with Crippen molar-refractivity contribution in [2.75, 3.05) is 6.61 Å². The Morgan fingerprint density at radius 3 is 2.60 bits per heavy atom. The van der Waals surface area contributed by atoms with Gasteiger partial charge in [0.15, 0.2) is 0 Å². The molecule has 0 bridgehead atoms. The monoisotopic (exact) mass is 206 g/mol. The molecule has 0 fully saturated rings. The number of carbonyl (C=O) groups excluding carboxylic acids is 1. The molecule has 0 amide bonds. The summed E-state index contributed by atoms with van der Waals surface area (Å²) in [5.41, 5.74) is 1.27. The number of ether oxygens (including phenoxy) is 1. The van der Waals surface area contributed by atoms with Crippen LogP contribution in [0, 0.1) is 5.92 Å². The highest BCUT2D eigenvalue weighted by Crippen LogP contribution is 2.12. The van der Waals surface area contributed by atoms with Crippen LogP contribution >= 0.6 is 0 Å². The van der Waals surface area contributed by atoms with Crippen molar-refractivity contribution in [2.45, 2.75) is 26.7 Å². The Labute approximate surface area is 91.3 Å². The van der Waals surface area contributed by atoms with Gasteiger partial charge in [-0.25, -0.2) is 0 Å². The highest BCUT2D eigenvalue weighted by molar-refractivity contribution is 5.69. The zero-order valence-corrected chi connectivity index (χ0v) is 9.40. The van der Waals surface area contributed by atoms with Crippen molar-refractivity contribution >= 4 is 5.97 Å². The first-order valence-electron chi connectivity index (χ1n) is 5.42. The van der Waals surface area contributed by atoms with Crippen LogP contribution in [0.5, 0.6) is 0 Å². The maximum absolute atomic E-state index is 11.2. The van der Waals surface area contributed by atoms with Gasteiger partial charge in [0, 0.05) is 6.42 Å². The highest BCUT2D eigenvalue weighted by Gasteiger charge is 2.10.